The summed E-state index contributed by atoms with van der Waals surface area (Å²) >= 11 is 0. The molecule has 0 unspecified atom stereocenters. The summed E-state index contributed by atoms with van der Waals surface area (Å²) in [5, 5.41) is 0. The van der Waals surface area contributed by atoms with Gasteiger partial charge in [-0.1, -0.05) is 0 Å². The zero-order valence-electron chi connectivity index (χ0n) is 10.3. The predicted octanol–water partition coefficient (Wildman–Crippen LogP) is 1.54. The highest BCUT2D eigenvalue weighted by atomic mass is 16.1. The number of carbonyl (C=O) groups is 2. The topological polar surface area (TPSA) is 40.6 Å². The molecule has 4 heteroatoms. The summed E-state index contributed by atoms with van der Waals surface area (Å²) in [7, 11) is 5.37. The molecule has 17 heavy (non-hydrogen) atoms. The molecule has 0 aliphatic rings. The lowest BCUT2D eigenvalue weighted by Crippen LogP contribution is -2.13. The number of allylic oxidation sites excluding steroid dienone is 1. The number of carbonyl (C=O) groups excluding carboxylic acids is 2. The van der Waals surface area contributed by atoms with Gasteiger partial charge in [0.15, 0.2) is 5.78 Å². The minimum absolute atomic E-state index is 0.0565. The SMILES string of the molecule is CN(C)/C=C/C(=O)c1ccc(N(C)C=O)cc1. The first kappa shape index (κ1) is 13.0. The third kappa shape index (κ3) is 3.75. The van der Waals surface area contributed by atoms with Crippen molar-refractivity contribution in [2.75, 3.05) is 26.0 Å². The van der Waals surface area contributed by atoms with Crippen LogP contribution in [-0.4, -0.2) is 38.2 Å². The van der Waals surface area contributed by atoms with Crippen LogP contribution in [0.3, 0.4) is 0 Å². The fourth-order valence-electron chi connectivity index (χ4n) is 1.23. The minimum atomic E-state index is -0.0565. The molecule has 90 valence electrons. The Bertz CT molecular complexity index is 422. The maximum absolute atomic E-state index is 11.7. The third-order valence-electron chi connectivity index (χ3n) is 2.24. The second-order valence-electron chi connectivity index (χ2n) is 3.91. The second-order valence-corrected chi connectivity index (χ2v) is 3.91. The first-order valence-electron chi connectivity index (χ1n) is 5.21. The fraction of sp³-hybridized carbons (Fsp3) is 0.231. The number of hydrogen-bond acceptors (Lipinski definition) is 3. The number of ketones is 1. The standard InChI is InChI=1S/C13H16N2O2/c1-14(2)9-8-13(17)11-4-6-12(7-5-11)15(3)10-16/h4-10H,1-3H3/b9-8+. The lowest BCUT2D eigenvalue weighted by molar-refractivity contribution is -0.107. The molecule has 4 nitrogen and oxygen atoms in total. The predicted molar refractivity (Wildman–Crippen MR) is 68.1 cm³/mol. The van der Waals surface area contributed by atoms with E-state index in [1.54, 1.807) is 42.4 Å². The van der Waals surface area contributed by atoms with Crippen LogP contribution in [0.2, 0.25) is 0 Å². The van der Waals surface area contributed by atoms with E-state index in [0.717, 1.165) is 12.1 Å². The Kier molecular flexibility index (Phi) is 4.46. The van der Waals surface area contributed by atoms with Crippen molar-refractivity contribution in [3.05, 3.63) is 42.1 Å². The number of anilines is 1. The molecule has 0 N–H and O–H groups in total. The molecule has 0 fully saturated rings. The summed E-state index contributed by atoms with van der Waals surface area (Å²) in [5.74, 6) is -0.0565. The molecule has 1 aromatic rings. The average Bonchev–Trinajstić information content (AvgIpc) is 2.35. The van der Waals surface area contributed by atoms with Crippen molar-refractivity contribution in [3.8, 4) is 0 Å². The third-order valence-corrected chi connectivity index (χ3v) is 2.24. The maximum atomic E-state index is 11.7. The van der Waals surface area contributed by atoms with Crippen LogP contribution in [0.15, 0.2) is 36.5 Å². The Balaban J connectivity index is 2.80. The van der Waals surface area contributed by atoms with Crippen LogP contribution < -0.4 is 4.90 Å². The molecule has 0 aromatic heterocycles. The quantitative estimate of drug-likeness (QED) is 0.439. The van der Waals surface area contributed by atoms with Crippen molar-refractivity contribution in [2.45, 2.75) is 0 Å². The van der Waals surface area contributed by atoms with E-state index >= 15 is 0 Å². The number of amides is 1. The molecular weight excluding hydrogens is 216 g/mol. The van der Waals surface area contributed by atoms with Crippen molar-refractivity contribution < 1.29 is 9.59 Å². The molecule has 1 aromatic carbocycles. The van der Waals surface area contributed by atoms with Crippen molar-refractivity contribution in [1.29, 1.82) is 0 Å². The van der Waals surface area contributed by atoms with Crippen molar-refractivity contribution in [3.63, 3.8) is 0 Å². The van der Waals surface area contributed by atoms with E-state index in [1.807, 2.05) is 14.1 Å². The maximum Gasteiger partial charge on any atom is 0.213 e. The van der Waals surface area contributed by atoms with Gasteiger partial charge < -0.3 is 9.80 Å². The Morgan fingerprint density at radius 3 is 2.18 bits per heavy atom. The summed E-state index contributed by atoms with van der Waals surface area (Å²) in [4.78, 5) is 25.5. The van der Waals surface area contributed by atoms with Gasteiger partial charge in [-0.15, -0.1) is 0 Å². The normalized spacial score (nSPS) is 10.3. The molecule has 0 aliphatic heterocycles. The van der Waals surface area contributed by atoms with Gasteiger partial charge >= 0.3 is 0 Å². The number of benzene rings is 1. The Morgan fingerprint density at radius 2 is 1.71 bits per heavy atom. The van der Waals surface area contributed by atoms with Gasteiger partial charge in [0, 0.05) is 44.7 Å². The molecule has 0 saturated carbocycles. The van der Waals surface area contributed by atoms with Crippen LogP contribution in [0.25, 0.3) is 0 Å². The molecular formula is C13H16N2O2. The Morgan fingerprint density at radius 1 is 1.12 bits per heavy atom. The van der Waals surface area contributed by atoms with Gasteiger partial charge in [0.05, 0.1) is 0 Å². The van der Waals surface area contributed by atoms with Crippen LogP contribution in [-0.2, 0) is 4.79 Å². The summed E-state index contributed by atoms with van der Waals surface area (Å²) in [6, 6.07) is 6.89. The molecule has 0 heterocycles. The van der Waals surface area contributed by atoms with Crippen LogP contribution in [0.5, 0.6) is 0 Å². The minimum Gasteiger partial charge on any atom is -0.383 e. The number of nitrogens with zero attached hydrogens (tertiary/aromatic N) is 2. The molecule has 0 aliphatic carbocycles. The average molecular weight is 232 g/mol. The molecule has 1 rings (SSSR count). The zero-order valence-corrected chi connectivity index (χ0v) is 10.3. The fourth-order valence-corrected chi connectivity index (χ4v) is 1.23. The Hall–Kier alpha value is -2.10. The largest absolute Gasteiger partial charge is 0.383 e. The molecule has 0 saturated heterocycles. The van der Waals surface area contributed by atoms with Gasteiger partial charge in [0.1, 0.15) is 0 Å². The summed E-state index contributed by atoms with van der Waals surface area (Å²) in [5.41, 5.74) is 1.36. The highest BCUT2D eigenvalue weighted by Gasteiger charge is 2.03. The van der Waals surface area contributed by atoms with Gasteiger partial charge in [0.2, 0.25) is 6.41 Å². The second kappa shape index (κ2) is 5.84. The van der Waals surface area contributed by atoms with Crippen LogP contribution >= 0.6 is 0 Å². The smallest absolute Gasteiger partial charge is 0.213 e. The summed E-state index contributed by atoms with van der Waals surface area (Å²) in [6.45, 7) is 0. The lowest BCUT2D eigenvalue weighted by atomic mass is 10.1. The molecule has 0 atom stereocenters. The van der Waals surface area contributed by atoms with Gasteiger partial charge in [0.25, 0.3) is 0 Å². The van der Waals surface area contributed by atoms with E-state index in [1.165, 1.54) is 11.0 Å². The van der Waals surface area contributed by atoms with E-state index in [0.29, 0.717) is 5.56 Å². The summed E-state index contributed by atoms with van der Waals surface area (Å²) in [6.07, 6.45) is 3.94. The van der Waals surface area contributed by atoms with Crippen LogP contribution in [0.4, 0.5) is 5.69 Å². The number of rotatable bonds is 5. The van der Waals surface area contributed by atoms with Crippen molar-refractivity contribution >= 4 is 17.9 Å². The Labute approximate surface area is 101 Å². The molecule has 1 amide bonds. The molecule has 0 spiro atoms. The van der Waals surface area contributed by atoms with Gasteiger partial charge in [-0.2, -0.15) is 0 Å². The number of hydrogen-bond donors (Lipinski definition) is 0. The zero-order chi connectivity index (χ0) is 12.8. The van der Waals surface area contributed by atoms with Gasteiger partial charge in [-0.3, -0.25) is 9.59 Å². The van der Waals surface area contributed by atoms with E-state index in [9.17, 15) is 9.59 Å². The van der Waals surface area contributed by atoms with Crippen LogP contribution in [0.1, 0.15) is 10.4 Å². The van der Waals surface area contributed by atoms with Crippen molar-refractivity contribution in [2.24, 2.45) is 0 Å². The molecule has 0 bridgehead atoms. The van der Waals surface area contributed by atoms with E-state index in [2.05, 4.69) is 0 Å². The van der Waals surface area contributed by atoms with E-state index in [4.69, 9.17) is 0 Å². The van der Waals surface area contributed by atoms with E-state index < -0.39 is 0 Å². The first-order chi connectivity index (χ1) is 8.04. The van der Waals surface area contributed by atoms with Gasteiger partial charge in [-0.05, 0) is 24.3 Å². The van der Waals surface area contributed by atoms with Gasteiger partial charge in [-0.25, -0.2) is 0 Å². The monoisotopic (exact) mass is 232 g/mol. The molecule has 0 radical (unpaired) electrons. The first-order valence-corrected chi connectivity index (χ1v) is 5.21. The summed E-state index contributed by atoms with van der Waals surface area (Å²) < 4.78 is 0. The van der Waals surface area contributed by atoms with Crippen molar-refractivity contribution in [1.82, 2.24) is 4.90 Å². The lowest BCUT2D eigenvalue weighted by Gasteiger charge is -2.10. The highest BCUT2D eigenvalue weighted by molar-refractivity contribution is 6.04. The van der Waals surface area contributed by atoms with Crippen LogP contribution in [0, 0.1) is 0 Å². The highest BCUT2D eigenvalue weighted by Crippen LogP contribution is 2.13. The van der Waals surface area contributed by atoms with E-state index in [-0.39, 0.29) is 5.78 Å².